The van der Waals surface area contributed by atoms with E-state index in [0.29, 0.717) is 12.8 Å². The van der Waals surface area contributed by atoms with Crippen molar-refractivity contribution in [3.8, 4) is 0 Å². The summed E-state index contributed by atoms with van der Waals surface area (Å²) in [5.74, 6) is 0.245. The van der Waals surface area contributed by atoms with Gasteiger partial charge in [-0.15, -0.1) is 0 Å². The third-order valence-corrected chi connectivity index (χ3v) is 7.29. The molecule has 0 fully saturated rings. The first-order valence-electron chi connectivity index (χ1n) is 5.46. The Hall–Kier alpha value is 0.480. The lowest BCUT2D eigenvalue weighted by Gasteiger charge is -2.28. The van der Waals surface area contributed by atoms with Crippen LogP contribution in [0.15, 0.2) is 0 Å². The van der Waals surface area contributed by atoms with Gasteiger partial charge in [0, 0.05) is 17.9 Å². The second-order valence-electron chi connectivity index (χ2n) is 5.49. The highest BCUT2D eigenvalue weighted by Gasteiger charge is 2.35. The Bertz CT molecular complexity index is 233. The number of ether oxygens (including phenoxy) is 1. The maximum absolute atomic E-state index is 12.2. The summed E-state index contributed by atoms with van der Waals surface area (Å²) < 4.78 is 17.7. The van der Waals surface area contributed by atoms with Gasteiger partial charge in [0.05, 0.1) is 6.10 Å². The molecule has 0 aromatic heterocycles. The van der Waals surface area contributed by atoms with Gasteiger partial charge < -0.3 is 9.30 Å². The predicted octanol–water partition coefficient (Wildman–Crippen LogP) is 4.36. The Morgan fingerprint density at radius 1 is 1.27 bits per heavy atom. The smallest absolute Gasteiger partial charge is 0.174 e. The summed E-state index contributed by atoms with van der Waals surface area (Å²) in [6, 6.07) is 0. The monoisotopic (exact) mass is 254 g/mol. The maximum atomic E-state index is 12.2. The number of rotatable bonds is 5. The van der Waals surface area contributed by atoms with Crippen molar-refractivity contribution in [3.05, 3.63) is 0 Å². The summed E-state index contributed by atoms with van der Waals surface area (Å²) in [6.07, 6.45) is 0.766. The molecule has 0 aliphatic heterocycles. The van der Waals surface area contributed by atoms with Crippen LogP contribution in [0.4, 0.5) is 0 Å². The average Bonchev–Trinajstić information content (AvgIpc) is 1.97. The zero-order chi connectivity index (χ0) is 12.3. The summed E-state index contributed by atoms with van der Waals surface area (Å²) in [5, 5.41) is -0.319. The molecule has 0 aromatic rings. The van der Waals surface area contributed by atoms with Crippen molar-refractivity contribution in [3.63, 3.8) is 0 Å². The fourth-order valence-electron chi connectivity index (χ4n) is 1.08. The minimum Gasteiger partial charge on any atom is -0.379 e. The maximum Gasteiger partial charge on any atom is 0.174 e. The van der Waals surface area contributed by atoms with E-state index in [2.05, 4.69) is 0 Å². The van der Waals surface area contributed by atoms with Crippen molar-refractivity contribution >= 4 is 17.7 Å². The van der Waals surface area contributed by atoms with E-state index in [0.717, 1.165) is 0 Å². The van der Waals surface area contributed by atoms with Crippen LogP contribution in [0.2, 0.25) is 0 Å². The number of hydrogen-bond acceptors (Lipinski definition) is 2. The third kappa shape index (κ3) is 5.94. The molecular formula is C11H24ClO2P. The molecule has 0 saturated heterocycles. The third-order valence-electron chi connectivity index (χ3n) is 2.26. The van der Waals surface area contributed by atoms with Crippen LogP contribution in [0.5, 0.6) is 0 Å². The molecule has 0 rings (SSSR count). The Balaban J connectivity index is 4.17. The van der Waals surface area contributed by atoms with Gasteiger partial charge in [0.1, 0.15) is 0 Å². The Kier molecular flexibility index (Phi) is 5.89. The first-order chi connectivity index (χ1) is 6.56. The number of hydrogen-bond donors (Lipinski definition) is 0. The van der Waals surface area contributed by atoms with E-state index in [9.17, 15) is 4.57 Å². The average molecular weight is 255 g/mol. The minimum atomic E-state index is -2.60. The van der Waals surface area contributed by atoms with Gasteiger partial charge in [-0.3, -0.25) is 0 Å². The molecule has 0 aliphatic carbocycles. The summed E-state index contributed by atoms with van der Waals surface area (Å²) in [6.45, 7) is 9.84. The molecule has 0 spiro atoms. The van der Waals surface area contributed by atoms with Crippen molar-refractivity contribution in [1.82, 2.24) is 0 Å². The van der Waals surface area contributed by atoms with Crippen molar-refractivity contribution < 1.29 is 9.30 Å². The molecule has 0 aromatic carbocycles. The van der Waals surface area contributed by atoms with E-state index in [1.54, 1.807) is 0 Å². The molecule has 92 valence electrons. The highest BCUT2D eigenvalue weighted by atomic mass is 35.7. The molecule has 0 N–H and O–H groups in total. The molecule has 4 heteroatoms. The standard InChI is InChI=1S/C11H24ClO2P/c1-9(2)14-7-10(3)8-15(12,13)11(4,5)6/h9-10H,7-8H2,1-6H3. The lowest BCUT2D eigenvalue weighted by molar-refractivity contribution is 0.0598. The van der Waals surface area contributed by atoms with Crippen LogP contribution >= 0.6 is 17.7 Å². The minimum absolute atomic E-state index is 0.219. The molecule has 0 saturated carbocycles. The Morgan fingerprint density at radius 2 is 1.73 bits per heavy atom. The van der Waals surface area contributed by atoms with Gasteiger partial charge in [0.25, 0.3) is 0 Å². The lowest BCUT2D eigenvalue weighted by Crippen LogP contribution is -2.20. The normalized spacial score (nSPS) is 18.9. The van der Waals surface area contributed by atoms with Gasteiger partial charge in [0.15, 0.2) is 6.49 Å². The molecule has 2 nitrogen and oxygen atoms in total. The SMILES string of the molecule is CC(COC(C)C)CP(=O)(Cl)C(C)(C)C. The van der Waals surface area contributed by atoms with Crippen LogP contribution in [-0.4, -0.2) is 24.0 Å². The Labute approximate surface area is 98.9 Å². The van der Waals surface area contributed by atoms with Crippen molar-refractivity contribution in [2.45, 2.75) is 52.8 Å². The topological polar surface area (TPSA) is 26.3 Å². The van der Waals surface area contributed by atoms with Gasteiger partial charge in [-0.2, -0.15) is 0 Å². The first-order valence-corrected chi connectivity index (χ1v) is 8.26. The van der Waals surface area contributed by atoms with E-state index in [1.807, 2.05) is 41.5 Å². The van der Waals surface area contributed by atoms with E-state index in [4.69, 9.17) is 16.0 Å². The highest BCUT2D eigenvalue weighted by Crippen LogP contribution is 2.63. The van der Waals surface area contributed by atoms with E-state index in [-0.39, 0.29) is 17.2 Å². The van der Waals surface area contributed by atoms with Gasteiger partial charge in [-0.1, -0.05) is 38.9 Å². The fraction of sp³-hybridized carbons (Fsp3) is 1.00. The molecular weight excluding hydrogens is 231 g/mol. The fourth-order valence-corrected chi connectivity index (χ4v) is 3.25. The highest BCUT2D eigenvalue weighted by molar-refractivity contribution is 7.90. The van der Waals surface area contributed by atoms with Crippen LogP contribution in [0, 0.1) is 5.92 Å². The summed E-state index contributed by atoms with van der Waals surface area (Å²) in [7, 11) is 0. The van der Waals surface area contributed by atoms with Gasteiger partial charge in [-0.25, -0.2) is 0 Å². The molecule has 0 radical (unpaired) electrons. The quantitative estimate of drug-likeness (QED) is 0.682. The van der Waals surface area contributed by atoms with E-state index in [1.165, 1.54) is 0 Å². The first kappa shape index (κ1) is 15.5. The van der Waals surface area contributed by atoms with Gasteiger partial charge in [-0.05, 0) is 19.8 Å². The molecule has 0 amide bonds. The summed E-state index contributed by atoms with van der Waals surface area (Å²) >= 11 is 6.12. The molecule has 15 heavy (non-hydrogen) atoms. The molecule has 0 heterocycles. The summed E-state index contributed by atoms with van der Waals surface area (Å²) in [5.41, 5.74) is 0. The molecule has 0 aliphatic rings. The molecule has 2 atom stereocenters. The zero-order valence-corrected chi connectivity index (χ0v) is 12.4. The van der Waals surface area contributed by atoms with Crippen LogP contribution < -0.4 is 0 Å². The molecule has 0 bridgehead atoms. The molecule has 2 unspecified atom stereocenters. The van der Waals surface area contributed by atoms with Crippen LogP contribution in [-0.2, 0) is 9.30 Å². The van der Waals surface area contributed by atoms with Gasteiger partial charge in [0.2, 0.25) is 0 Å². The summed E-state index contributed by atoms with van der Waals surface area (Å²) in [4.78, 5) is 0. The Morgan fingerprint density at radius 3 is 2.07 bits per heavy atom. The van der Waals surface area contributed by atoms with Crippen molar-refractivity contribution in [2.24, 2.45) is 5.92 Å². The van der Waals surface area contributed by atoms with E-state index < -0.39 is 6.49 Å². The van der Waals surface area contributed by atoms with Crippen LogP contribution in [0.25, 0.3) is 0 Å². The number of halogens is 1. The van der Waals surface area contributed by atoms with Crippen molar-refractivity contribution in [1.29, 1.82) is 0 Å². The van der Waals surface area contributed by atoms with Crippen molar-refractivity contribution in [2.75, 3.05) is 12.8 Å². The lowest BCUT2D eigenvalue weighted by atomic mass is 10.2. The largest absolute Gasteiger partial charge is 0.379 e. The van der Waals surface area contributed by atoms with Crippen LogP contribution in [0.1, 0.15) is 41.5 Å². The predicted molar refractivity (Wildman–Crippen MR) is 68.3 cm³/mol. The van der Waals surface area contributed by atoms with Crippen LogP contribution in [0.3, 0.4) is 0 Å². The second-order valence-corrected chi connectivity index (χ2v) is 10.1. The second kappa shape index (κ2) is 5.70. The zero-order valence-electron chi connectivity index (χ0n) is 10.7. The van der Waals surface area contributed by atoms with E-state index >= 15 is 0 Å². The van der Waals surface area contributed by atoms with Gasteiger partial charge >= 0.3 is 0 Å².